The summed E-state index contributed by atoms with van der Waals surface area (Å²) in [6, 6.07) is 3.18. The van der Waals surface area contributed by atoms with Gasteiger partial charge >= 0.3 is 0 Å². The molecule has 2 aromatic rings. The van der Waals surface area contributed by atoms with Crippen LogP contribution in [0.5, 0.6) is 0 Å². The van der Waals surface area contributed by atoms with Gasteiger partial charge in [0.15, 0.2) is 0 Å². The molecule has 1 aromatic heterocycles. The Bertz CT molecular complexity index is 700. The summed E-state index contributed by atoms with van der Waals surface area (Å²) in [5, 5.41) is 2.66. The first kappa shape index (κ1) is 15.3. The molecular weight excluding hydrogens is 302 g/mol. The Labute approximate surface area is 132 Å². The number of nitrogens with zero attached hydrogens (tertiary/aromatic N) is 3. The Balaban J connectivity index is 1.70. The van der Waals surface area contributed by atoms with Gasteiger partial charge in [-0.1, -0.05) is 0 Å². The maximum absolute atomic E-state index is 13.6. The van der Waals surface area contributed by atoms with Gasteiger partial charge < -0.3 is 10.2 Å². The van der Waals surface area contributed by atoms with Crippen LogP contribution in [0.4, 0.5) is 20.4 Å². The van der Waals surface area contributed by atoms with Crippen molar-refractivity contribution in [1.82, 2.24) is 14.9 Å². The van der Waals surface area contributed by atoms with Gasteiger partial charge in [-0.15, -0.1) is 0 Å². The van der Waals surface area contributed by atoms with Crippen LogP contribution in [-0.2, 0) is 0 Å². The lowest BCUT2D eigenvalue weighted by atomic mass is 10.1. The molecule has 1 N–H and O–H groups in total. The monoisotopic (exact) mass is 318 g/mol. The molecule has 1 fully saturated rings. The Morgan fingerprint density at radius 1 is 1.09 bits per heavy atom. The van der Waals surface area contributed by atoms with Crippen molar-refractivity contribution in [3.8, 4) is 0 Å². The second-order valence-electron chi connectivity index (χ2n) is 5.40. The van der Waals surface area contributed by atoms with E-state index in [0.29, 0.717) is 5.56 Å². The van der Waals surface area contributed by atoms with Crippen LogP contribution in [0.15, 0.2) is 30.6 Å². The number of carbonyl (C=O) groups excluding carboxylic acids is 1. The highest BCUT2D eigenvalue weighted by Crippen LogP contribution is 2.18. The van der Waals surface area contributed by atoms with Crippen molar-refractivity contribution in [2.45, 2.75) is 19.3 Å². The van der Waals surface area contributed by atoms with Crippen LogP contribution in [0.1, 0.15) is 29.6 Å². The lowest BCUT2D eigenvalue weighted by Crippen LogP contribution is -2.35. The summed E-state index contributed by atoms with van der Waals surface area (Å²) < 4.78 is 26.4. The zero-order chi connectivity index (χ0) is 16.2. The van der Waals surface area contributed by atoms with E-state index in [2.05, 4.69) is 15.3 Å². The van der Waals surface area contributed by atoms with E-state index in [1.165, 1.54) is 18.5 Å². The average molecular weight is 318 g/mol. The largest absolute Gasteiger partial charge is 0.339 e. The Kier molecular flexibility index (Phi) is 4.45. The number of carbonyl (C=O) groups is 1. The van der Waals surface area contributed by atoms with E-state index in [-0.39, 0.29) is 17.5 Å². The summed E-state index contributed by atoms with van der Waals surface area (Å²) in [5.74, 6) is -1.34. The second-order valence-corrected chi connectivity index (χ2v) is 5.40. The van der Waals surface area contributed by atoms with E-state index in [0.717, 1.165) is 44.5 Å². The summed E-state index contributed by atoms with van der Waals surface area (Å²) in [6.45, 7) is 1.50. The Morgan fingerprint density at radius 2 is 1.78 bits per heavy atom. The van der Waals surface area contributed by atoms with Crippen LogP contribution >= 0.6 is 0 Å². The van der Waals surface area contributed by atoms with Crippen molar-refractivity contribution in [2.24, 2.45) is 0 Å². The summed E-state index contributed by atoms with van der Waals surface area (Å²) in [4.78, 5) is 22.1. The van der Waals surface area contributed by atoms with Crippen LogP contribution in [0.3, 0.4) is 0 Å². The minimum Gasteiger partial charge on any atom is -0.339 e. The number of benzene rings is 1. The number of anilines is 2. The molecule has 0 atom stereocenters. The normalized spacial score (nSPS) is 14.6. The lowest BCUT2D eigenvalue weighted by molar-refractivity contribution is 0.0723. The third kappa shape index (κ3) is 3.61. The van der Waals surface area contributed by atoms with Gasteiger partial charge in [0.25, 0.3) is 5.91 Å². The average Bonchev–Trinajstić information content (AvgIpc) is 2.58. The quantitative estimate of drug-likeness (QED) is 0.944. The van der Waals surface area contributed by atoms with Crippen LogP contribution in [0, 0.1) is 11.6 Å². The van der Waals surface area contributed by atoms with Crippen LogP contribution < -0.4 is 5.32 Å². The summed E-state index contributed by atoms with van der Waals surface area (Å²) in [6.07, 6.45) is 5.99. The molecule has 2 heterocycles. The Morgan fingerprint density at radius 3 is 2.43 bits per heavy atom. The molecule has 1 aromatic carbocycles. The highest BCUT2D eigenvalue weighted by molar-refractivity contribution is 5.93. The first-order chi connectivity index (χ1) is 11.1. The molecular formula is C16H16F2N4O. The van der Waals surface area contributed by atoms with Gasteiger partial charge in [-0.3, -0.25) is 4.79 Å². The van der Waals surface area contributed by atoms with Crippen molar-refractivity contribution in [2.75, 3.05) is 18.4 Å². The van der Waals surface area contributed by atoms with Gasteiger partial charge in [0.1, 0.15) is 11.6 Å². The van der Waals surface area contributed by atoms with E-state index in [1.54, 1.807) is 4.90 Å². The third-order valence-electron chi connectivity index (χ3n) is 3.72. The summed E-state index contributed by atoms with van der Waals surface area (Å²) >= 11 is 0. The molecule has 120 valence electrons. The number of piperidine rings is 1. The number of hydrogen-bond donors (Lipinski definition) is 1. The van der Waals surface area contributed by atoms with E-state index in [9.17, 15) is 13.6 Å². The molecule has 23 heavy (non-hydrogen) atoms. The molecule has 1 amide bonds. The maximum Gasteiger partial charge on any atom is 0.256 e. The molecule has 0 bridgehead atoms. The van der Waals surface area contributed by atoms with E-state index in [1.807, 2.05) is 0 Å². The summed E-state index contributed by atoms with van der Waals surface area (Å²) in [7, 11) is 0. The highest BCUT2D eigenvalue weighted by atomic mass is 19.1. The van der Waals surface area contributed by atoms with Gasteiger partial charge in [0.2, 0.25) is 5.95 Å². The molecule has 5 nitrogen and oxygen atoms in total. The van der Waals surface area contributed by atoms with Gasteiger partial charge in [-0.05, 0) is 31.4 Å². The van der Waals surface area contributed by atoms with Crippen molar-refractivity contribution >= 4 is 17.5 Å². The molecule has 1 aliphatic rings. The predicted molar refractivity (Wildman–Crippen MR) is 81.4 cm³/mol. The number of nitrogens with one attached hydrogen (secondary N) is 1. The zero-order valence-electron chi connectivity index (χ0n) is 12.4. The van der Waals surface area contributed by atoms with Gasteiger partial charge in [-0.2, -0.15) is 0 Å². The van der Waals surface area contributed by atoms with Crippen molar-refractivity contribution in [1.29, 1.82) is 0 Å². The van der Waals surface area contributed by atoms with Crippen LogP contribution in [0.2, 0.25) is 0 Å². The van der Waals surface area contributed by atoms with E-state index >= 15 is 0 Å². The molecule has 0 unspecified atom stereocenters. The molecule has 0 spiro atoms. The zero-order valence-corrected chi connectivity index (χ0v) is 12.4. The Hall–Kier alpha value is -2.57. The van der Waals surface area contributed by atoms with E-state index < -0.39 is 11.6 Å². The molecule has 0 aliphatic carbocycles. The van der Waals surface area contributed by atoms with Gasteiger partial charge in [0, 0.05) is 31.5 Å². The smallest absolute Gasteiger partial charge is 0.256 e. The number of hydrogen-bond acceptors (Lipinski definition) is 4. The molecule has 0 saturated carbocycles. The predicted octanol–water partition coefficient (Wildman–Crippen LogP) is 3.12. The number of likely N-dealkylation sites (tertiary alicyclic amines) is 1. The molecule has 3 rings (SSSR count). The van der Waals surface area contributed by atoms with Crippen LogP contribution in [-0.4, -0.2) is 33.9 Å². The standard InChI is InChI=1S/C16H16F2N4O/c17-12-4-5-14(13(18)8-12)21-16-19-9-11(10-20-16)15(23)22-6-2-1-3-7-22/h4-5,8-10H,1-3,6-7H2,(H,19,20,21). The molecule has 0 radical (unpaired) electrons. The first-order valence-corrected chi connectivity index (χ1v) is 7.47. The fraction of sp³-hybridized carbons (Fsp3) is 0.312. The minimum atomic E-state index is -0.734. The molecule has 1 saturated heterocycles. The lowest BCUT2D eigenvalue weighted by Gasteiger charge is -2.26. The minimum absolute atomic E-state index is 0.0708. The highest BCUT2D eigenvalue weighted by Gasteiger charge is 2.18. The fourth-order valence-corrected chi connectivity index (χ4v) is 2.49. The first-order valence-electron chi connectivity index (χ1n) is 7.47. The maximum atomic E-state index is 13.6. The number of amides is 1. The number of aromatic nitrogens is 2. The molecule has 1 aliphatic heterocycles. The number of rotatable bonds is 3. The van der Waals surface area contributed by atoms with Crippen molar-refractivity contribution in [3.63, 3.8) is 0 Å². The fourth-order valence-electron chi connectivity index (χ4n) is 2.49. The third-order valence-corrected chi connectivity index (χ3v) is 3.72. The van der Waals surface area contributed by atoms with E-state index in [4.69, 9.17) is 0 Å². The van der Waals surface area contributed by atoms with Gasteiger partial charge in [-0.25, -0.2) is 18.7 Å². The van der Waals surface area contributed by atoms with Gasteiger partial charge in [0.05, 0.1) is 11.3 Å². The van der Waals surface area contributed by atoms with Crippen LogP contribution in [0.25, 0.3) is 0 Å². The SMILES string of the molecule is O=C(c1cnc(Nc2ccc(F)cc2F)nc1)N1CCCCC1. The molecule has 7 heteroatoms. The number of halogens is 2. The second kappa shape index (κ2) is 6.68. The topological polar surface area (TPSA) is 58.1 Å². The van der Waals surface area contributed by atoms with Crippen molar-refractivity contribution in [3.05, 3.63) is 47.8 Å². The van der Waals surface area contributed by atoms with Crippen molar-refractivity contribution < 1.29 is 13.6 Å². The summed E-state index contributed by atoms with van der Waals surface area (Å²) in [5.41, 5.74) is 0.471.